The van der Waals surface area contributed by atoms with Gasteiger partial charge >= 0.3 is 0 Å². The average Bonchev–Trinajstić information content (AvgIpc) is 3.28. The fraction of sp³-hybridized carbons (Fsp3) is 0.500. The molecule has 1 spiro atoms. The van der Waals surface area contributed by atoms with Gasteiger partial charge in [0.1, 0.15) is 11.6 Å². The second kappa shape index (κ2) is 3.97. The molecule has 1 aromatic carbocycles. The summed E-state index contributed by atoms with van der Waals surface area (Å²) < 4.78 is 18.1. The van der Waals surface area contributed by atoms with E-state index in [1.165, 1.54) is 32.1 Å². The van der Waals surface area contributed by atoms with Crippen molar-refractivity contribution in [2.75, 3.05) is 7.11 Å². The van der Waals surface area contributed by atoms with Crippen LogP contribution in [0.5, 0.6) is 5.75 Å². The molecule has 0 heterocycles. The van der Waals surface area contributed by atoms with Gasteiger partial charge in [0.2, 0.25) is 5.91 Å². The van der Waals surface area contributed by atoms with Crippen molar-refractivity contribution >= 4 is 5.91 Å². The highest BCUT2D eigenvalue weighted by Crippen LogP contribution is 2.70. The van der Waals surface area contributed by atoms with E-state index >= 15 is 0 Å². The van der Waals surface area contributed by atoms with Crippen LogP contribution in [0.25, 0.3) is 0 Å². The minimum atomic E-state index is -0.332. The van der Waals surface area contributed by atoms with Gasteiger partial charge in [-0.05, 0) is 30.7 Å². The molecular formula is C14H16FNO2. The highest BCUT2D eigenvalue weighted by Gasteiger charge is 2.65. The van der Waals surface area contributed by atoms with E-state index < -0.39 is 0 Å². The largest absolute Gasteiger partial charge is 0.496 e. The molecule has 0 aromatic heterocycles. The molecule has 3 rings (SSSR count). The lowest BCUT2D eigenvalue weighted by atomic mass is 10.2. The number of halogens is 1. The normalized spacial score (nSPS) is 22.7. The van der Waals surface area contributed by atoms with Crippen molar-refractivity contribution < 1.29 is 13.9 Å². The molecule has 0 saturated heterocycles. The van der Waals surface area contributed by atoms with Gasteiger partial charge in [-0.25, -0.2) is 4.39 Å². The predicted molar refractivity (Wildman–Crippen MR) is 64.6 cm³/mol. The van der Waals surface area contributed by atoms with Gasteiger partial charge in [-0.3, -0.25) is 4.79 Å². The van der Waals surface area contributed by atoms with Gasteiger partial charge in [0.05, 0.1) is 7.11 Å². The molecule has 2 aliphatic carbocycles. The molecule has 18 heavy (non-hydrogen) atoms. The topological polar surface area (TPSA) is 38.3 Å². The molecule has 0 aliphatic heterocycles. The molecule has 0 radical (unpaired) electrons. The lowest BCUT2D eigenvalue weighted by Gasteiger charge is -2.09. The predicted octanol–water partition coefficient (Wildman–Crippen LogP) is 2.25. The zero-order valence-electron chi connectivity index (χ0n) is 10.3. The zero-order valence-corrected chi connectivity index (χ0v) is 10.3. The molecule has 1 atom stereocenters. The maximum atomic E-state index is 13.0. The first kappa shape index (κ1) is 11.5. The summed E-state index contributed by atoms with van der Waals surface area (Å²) in [6, 6.07) is 4.36. The number of methoxy groups -OCH3 is 1. The Balaban J connectivity index is 1.61. The van der Waals surface area contributed by atoms with Crippen LogP contribution in [0.4, 0.5) is 4.39 Å². The van der Waals surface area contributed by atoms with Crippen molar-refractivity contribution in [1.82, 2.24) is 5.32 Å². The second-order valence-electron chi connectivity index (χ2n) is 5.29. The minimum absolute atomic E-state index is 0.124. The number of carbonyl (C=O) groups excluding carboxylic acids is 1. The van der Waals surface area contributed by atoms with E-state index in [1.54, 1.807) is 6.07 Å². The van der Waals surface area contributed by atoms with E-state index in [1.807, 2.05) is 0 Å². The summed E-state index contributed by atoms with van der Waals surface area (Å²) in [5, 5.41) is 2.91. The lowest BCUT2D eigenvalue weighted by molar-refractivity contribution is -0.122. The zero-order chi connectivity index (χ0) is 12.8. The molecule has 2 fully saturated rings. The summed E-state index contributed by atoms with van der Waals surface area (Å²) >= 11 is 0. The monoisotopic (exact) mass is 249 g/mol. The number of benzene rings is 1. The number of hydrogen-bond donors (Lipinski definition) is 1. The van der Waals surface area contributed by atoms with Gasteiger partial charge in [-0.2, -0.15) is 0 Å². The first-order valence-corrected chi connectivity index (χ1v) is 6.25. The number of ether oxygens (including phenoxy) is 1. The third-order valence-electron chi connectivity index (χ3n) is 4.10. The third kappa shape index (κ3) is 1.96. The van der Waals surface area contributed by atoms with E-state index in [0.717, 1.165) is 12.0 Å². The van der Waals surface area contributed by atoms with Crippen LogP contribution in [-0.2, 0) is 11.3 Å². The van der Waals surface area contributed by atoms with E-state index in [-0.39, 0.29) is 17.6 Å². The molecule has 1 amide bonds. The van der Waals surface area contributed by atoms with E-state index in [2.05, 4.69) is 5.32 Å². The molecule has 3 nitrogen and oxygen atoms in total. The fourth-order valence-electron chi connectivity index (χ4n) is 2.60. The van der Waals surface area contributed by atoms with Crippen molar-refractivity contribution in [2.24, 2.45) is 11.3 Å². The summed E-state index contributed by atoms with van der Waals surface area (Å²) in [5.74, 6) is 0.483. The Morgan fingerprint density at radius 3 is 2.94 bits per heavy atom. The van der Waals surface area contributed by atoms with E-state index in [9.17, 15) is 9.18 Å². The van der Waals surface area contributed by atoms with Crippen LogP contribution in [0.1, 0.15) is 24.8 Å². The maximum absolute atomic E-state index is 13.0. The quantitative estimate of drug-likeness (QED) is 0.888. The fourth-order valence-corrected chi connectivity index (χ4v) is 2.60. The number of hydrogen-bond acceptors (Lipinski definition) is 2. The Hall–Kier alpha value is -1.58. The number of rotatable bonds is 4. The molecular weight excluding hydrogens is 233 g/mol. The van der Waals surface area contributed by atoms with Crippen LogP contribution in [0.15, 0.2) is 18.2 Å². The Kier molecular flexibility index (Phi) is 2.54. The Morgan fingerprint density at radius 2 is 2.33 bits per heavy atom. The number of carbonyl (C=O) groups is 1. The molecule has 0 bridgehead atoms. The van der Waals surface area contributed by atoms with Crippen molar-refractivity contribution in [2.45, 2.75) is 25.8 Å². The second-order valence-corrected chi connectivity index (χ2v) is 5.29. The molecule has 2 saturated carbocycles. The van der Waals surface area contributed by atoms with Crippen molar-refractivity contribution in [1.29, 1.82) is 0 Å². The van der Waals surface area contributed by atoms with Crippen LogP contribution in [-0.4, -0.2) is 13.0 Å². The highest BCUT2D eigenvalue weighted by molar-refractivity contribution is 5.83. The van der Waals surface area contributed by atoms with Gasteiger partial charge in [0, 0.05) is 24.1 Å². The average molecular weight is 249 g/mol. The molecule has 1 N–H and O–H groups in total. The van der Waals surface area contributed by atoms with Crippen molar-refractivity contribution in [3.63, 3.8) is 0 Å². The van der Waals surface area contributed by atoms with Gasteiger partial charge in [-0.15, -0.1) is 0 Å². The summed E-state index contributed by atoms with van der Waals surface area (Å²) in [5.41, 5.74) is 1.18. The van der Waals surface area contributed by atoms with E-state index in [0.29, 0.717) is 17.7 Å². The molecule has 96 valence electrons. The molecule has 0 unspecified atom stereocenters. The summed E-state index contributed by atoms with van der Waals surface area (Å²) in [6.07, 6.45) is 3.44. The molecule has 2 aliphatic rings. The standard InChI is InChI=1S/C14H16FNO2/c1-18-12-6-10(15)3-2-9(12)8-16-13(17)11-7-14(11)4-5-14/h2-3,6,11H,4-5,7-8H2,1H3,(H,16,17)/t11-/m1/s1. The lowest BCUT2D eigenvalue weighted by Crippen LogP contribution is -2.25. The third-order valence-corrected chi connectivity index (χ3v) is 4.10. The first-order chi connectivity index (χ1) is 8.64. The Morgan fingerprint density at radius 1 is 1.56 bits per heavy atom. The van der Waals surface area contributed by atoms with Crippen LogP contribution in [0.2, 0.25) is 0 Å². The van der Waals surface area contributed by atoms with Crippen molar-refractivity contribution in [3.8, 4) is 5.75 Å². The van der Waals surface area contributed by atoms with Crippen LogP contribution in [0.3, 0.4) is 0 Å². The summed E-state index contributed by atoms with van der Waals surface area (Å²) in [7, 11) is 1.50. The summed E-state index contributed by atoms with van der Waals surface area (Å²) in [4.78, 5) is 11.9. The number of amides is 1. The number of nitrogens with one attached hydrogen (secondary N) is 1. The Bertz CT molecular complexity index is 497. The van der Waals surface area contributed by atoms with Gasteiger partial charge < -0.3 is 10.1 Å². The first-order valence-electron chi connectivity index (χ1n) is 6.25. The smallest absolute Gasteiger partial charge is 0.223 e. The minimum Gasteiger partial charge on any atom is -0.496 e. The molecule has 1 aromatic rings. The van der Waals surface area contributed by atoms with Crippen LogP contribution < -0.4 is 10.1 Å². The molecule has 4 heteroatoms. The SMILES string of the molecule is COc1cc(F)ccc1CNC(=O)[C@H]1CC12CC2. The van der Waals surface area contributed by atoms with Gasteiger partial charge in [-0.1, -0.05) is 6.07 Å². The highest BCUT2D eigenvalue weighted by atomic mass is 19.1. The Labute approximate surface area is 105 Å². The van der Waals surface area contributed by atoms with Gasteiger partial charge in [0.25, 0.3) is 0 Å². The van der Waals surface area contributed by atoms with E-state index in [4.69, 9.17) is 4.74 Å². The van der Waals surface area contributed by atoms with Gasteiger partial charge in [0.15, 0.2) is 0 Å². The van der Waals surface area contributed by atoms with Crippen molar-refractivity contribution in [3.05, 3.63) is 29.6 Å². The maximum Gasteiger partial charge on any atom is 0.223 e. The summed E-state index contributed by atoms with van der Waals surface area (Å²) in [6.45, 7) is 0.398. The van der Waals surface area contributed by atoms with Crippen LogP contribution >= 0.6 is 0 Å². The van der Waals surface area contributed by atoms with Crippen LogP contribution in [0, 0.1) is 17.2 Å².